The van der Waals surface area contributed by atoms with Crippen molar-refractivity contribution in [1.29, 1.82) is 0 Å². The number of carbonyl (C=O) groups excluding carboxylic acids is 1. The Morgan fingerprint density at radius 2 is 1.97 bits per heavy atom. The minimum atomic E-state index is -0.435. The van der Waals surface area contributed by atoms with Crippen LogP contribution in [0, 0.1) is 0 Å². The lowest BCUT2D eigenvalue weighted by molar-refractivity contribution is -0.118. The molecule has 0 spiro atoms. The molecule has 0 aliphatic rings. The number of furan rings is 1. The topological polar surface area (TPSA) is 124 Å². The number of benzene rings is 1. The fraction of sp³-hybridized carbons (Fsp3) is 0.217. The molecule has 3 heterocycles. The number of aromatic amines is 1. The van der Waals surface area contributed by atoms with E-state index in [4.69, 9.17) is 13.9 Å². The zero-order valence-electron chi connectivity index (χ0n) is 18.4. The Hall–Kier alpha value is -4.34. The van der Waals surface area contributed by atoms with Gasteiger partial charge in [-0.05, 0) is 30.2 Å². The lowest BCUT2D eigenvalue weighted by atomic mass is 10.1. The van der Waals surface area contributed by atoms with E-state index in [0.29, 0.717) is 34.5 Å². The standard InChI is InChI=1S/C23H23N5O5/c1-14(2)15-12-21(29)26-23(24-15)28-20(11-16(27-28)17-9-6-10-32-17)25-22(30)13-33-19-8-5-4-7-18(19)31-3/h4-12,14H,13H2,1-3H3,(H,25,30)(H,24,26,29). The first-order chi connectivity index (χ1) is 15.9. The van der Waals surface area contributed by atoms with Gasteiger partial charge in [0.2, 0.25) is 5.95 Å². The van der Waals surface area contributed by atoms with Gasteiger partial charge in [-0.2, -0.15) is 9.78 Å². The van der Waals surface area contributed by atoms with Gasteiger partial charge in [0.1, 0.15) is 11.5 Å². The van der Waals surface area contributed by atoms with E-state index in [-0.39, 0.29) is 24.0 Å². The van der Waals surface area contributed by atoms with E-state index in [1.807, 2.05) is 13.8 Å². The number of amides is 1. The fourth-order valence-corrected chi connectivity index (χ4v) is 3.10. The van der Waals surface area contributed by atoms with E-state index in [0.717, 1.165) is 0 Å². The highest BCUT2D eigenvalue weighted by molar-refractivity contribution is 5.91. The minimum Gasteiger partial charge on any atom is -0.493 e. The Bertz CT molecular complexity index is 1310. The monoisotopic (exact) mass is 449 g/mol. The Morgan fingerprint density at radius 1 is 1.18 bits per heavy atom. The largest absolute Gasteiger partial charge is 0.493 e. The van der Waals surface area contributed by atoms with Gasteiger partial charge in [0, 0.05) is 12.1 Å². The van der Waals surface area contributed by atoms with Gasteiger partial charge in [-0.15, -0.1) is 0 Å². The summed E-state index contributed by atoms with van der Waals surface area (Å²) < 4.78 is 17.6. The molecule has 4 aromatic rings. The molecular formula is C23H23N5O5. The number of anilines is 1. The van der Waals surface area contributed by atoms with Crippen molar-refractivity contribution in [1.82, 2.24) is 19.7 Å². The average molecular weight is 449 g/mol. The molecule has 0 aliphatic heterocycles. The second kappa shape index (κ2) is 9.43. The van der Waals surface area contributed by atoms with E-state index < -0.39 is 5.91 Å². The lowest BCUT2D eigenvalue weighted by Gasteiger charge is -2.12. The first-order valence-corrected chi connectivity index (χ1v) is 10.3. The fourth-order valence-electron chi connectivity index (χ4n) is 3.10. The highest BCUT2D eigenvalue weighted by atomic mass is 16.5. The van der Waals surface area contributed by atoms with Gasteiger partial charge in [-0.3, -0.25) is 14.6 Å². The number of rotatable bonds is 8. The number of H-pyrrole nitrogens is 1. The molecule has 170 valence electrons. The lowest BCUT2D eigenvalue weighted by Crippen LogP contribution is -2.23. The molecule has 10 nitrogen and oxygen atoms in total. The number of carbonyl (C=O) groups is 1. The number of aromatic nitrogens is 4. The van der Waals surface area contributed by atoms with Crippen molar-refractivity contribution in [3.63, 3.8) is 0 Å². The molecule has 3 aromatic heterocycles. The first kappa shape index (κ1) is 21.9. The van der Waals surface area contributed by atoms with Crippen LogP contribution in [0.25, 0.3) is 17.4 Å². The van der Waals surface area contributed by atoms with Crippen LogP contribution in [0.3, 0.4) is 0 Å². The van der Waals surface area contributed by atoms with Crippen LogP contribution in [-0.4, -0.2) is 39.4 Å². The molecule has 0 radical (unpaired) electrons. The maximum absolute atomic E-state index is 12.7. The molecule has 10 heteroatoms. The molecule has 4 rings (SSSR count). The zero-order valence-corrected chi connectivity index (χ0v) is 18.4. The van der Waals surface area contributed by atoms with Crippen LogP contribution in [0.15, 0.2) is 64.0 Å². The number of hydrogen-bond acceptors (Lipinski definition) is 7. The predicted molar refractivity (Wildman–Crippen MR) is 121 cm³/mol. The maximum Gasteiger partial charge on any atom is 0.263 e. The van der Waals surface area contributed by atoms with Crippen molar-refractivity contribution in [2.24, 2.45) is 0 Å². The smallest absolute Gasteiger partial charge is 0.263 e. The van der Waals surface area contributed by atoms with Crippen LogP contribution >= 0.6 is 0 Å². The van der Waals surface area contributed by atoms with E-state index in [9.17, 15) is 9.59 Å². The van der Waals surface area contributed by atoms with E-state index >= 15 is 0 Å². The molecule has 0 atom stereocenters. The number of nitrogens with zero attached hydrogens (tertiary/aromatic N) is 3. The number of methoxy groups -OCH3 is 1. The van der Waals surface area contributed by atoms with Crippen molar-refractivity contribution in [2.75, 3.05) is 19.0 Å². The zero-order chi connectivity index (χ0) is 23.4. The molecule has 0 bridgehead atoms. The quantitative estimate of drug-likeness (QED) is 0.423. The number of hydrogen-bond donors (Lipinski definition) is 2. The summed E-state index contributed by atoms with van der Waals surface area (Å²) in [5.74, 6) is 1.51. The Labute approximate surface area is 189 Å². The molecule has 0 saturated carbocycles. The maximum atomic E-state index is 12.7. The van der Waals surface area contributed by atoms with Gasteiger partial charge in [0.15, 0.2) is 23.9 Å². The SMILES string of the molecule is COc1ccccc1OCC(=O)Nc1cc(-c2ccco2)nn1-c1nc(C(C)C)cc(=O)[nH]1. The molecule has 0 saturated heterocycles. The third kappa shape index (κ3) is 4.95. The van der Waals surface area contributed by atoms with Crippen LogP contribution < -0.4 is 20.3 Å². The highest BCUT2D eigenvalue weighted by Crippen LogP contribution is 2.26. The predicted octanol–water partition coefficient (Wildman–Crippen LogP) is 3.37. The van der Waals surface area contributed by atoms with Crippen molar-refractivity contribution in [3.05, 3.63) is 70.8 Å². The van der Waals surface area contributed by atoms with Gasteiger partial charge in [-0.1, -0.05) is 26.0 Å². The number of para-hydroxylation sites is 2. The van der Waals surface area contributed by atoms with Crippen molar-refractivity contribution in [3.8, 4) is 28.9 Å². The van der Waals surface area contributed by atoms with Crippen molar-refractivity contribution < 1.29 is 18.7 Å². The van der Waals surface area contributed by atoms with Gasteiger partial charge in [0.25, 0.3) is 11.5 Å². The van der Waals surface area contributed by atoms with Crippen LogP contribution in [0.5, 0.6) is 11.5 Å². The van der Waals surface area contributed by atoms with Gasteiger partial charge >= 0.3 is 0 Å². The van der Waals surface area contributed by atoms with Crippen molar-refractivity contribution in [2.45, 2.75) is 19.8 Å². The van der Waals surface area contributed by atoms with Gasteiger partial charge in [-0.25, -0.2) is 4.98 Å². The third-order valence-electron chi connectivity index (χ3n) is 4.72. The summed E-state index contributed by atoms with van der Waals surface area (Å²) in [7, 11) is 1.52. The normalized spacial score (nSPS) is 10.9. The summed E-state index contributed by atoms with van der Waals surface area (Å²) in [6.45, 7) is 3.60. The van der Waals surface area contributed by atoms with Gasteiger partial charge < -0.3 is 19.2 Å². The summed E-state index contributed by atoms with van der Waals surface area (Å²) in [5, 5.41) is 7.24. The van der Waals surface area contributed by atoms with Crippen LogP contribution in [0.4, 0.5) is 5.82 Å². The summed E-state index contributed by atoms with van der Waals surface area (Å²) in [4.78, 5) is 32.0. The number of nitrogens with one attached hydrogen (secondary N) is 2. The average Bonchev–Trinajstić information content (AvgIpc) is 3.47. The third-order valence-corrected chi connectivity index (χ3v) is 4.72. The summed E-state index contributed by atoms with van der Waals surface area (Å²) in [6.07, 6.45) is 1.52. The highest BCUT2D eigenvalue weighted by Gasteiger charge is 2.18. The van der Waals surface area contributed by atoms with E-state index in [2.05, 4.69) is 20.4 Å². The summed E-state index contributed by atoms with van der Waals surface area (Å²) >= 11 is 0. The van der Waals surface area contributed by atoms with Gasteiger partial charge in [0.05, 0.1) is 19.1 Å². The van der Waals surface area contributed by atoms with E-state index in [1.165, 1.54) is 24.1 Å². The molecular weight excluding hydrogens is 426 g/mol. The molecule has 1 aromatic carbocycles. The van der Waals surface area contributed by atoms with Crippen LogP contribution in [-0.2, 0) is 4.79 Å². The Kier molecular flexibility index (Phi) is 6.25. The number of ether oxygens (including phenoxy) is 2. The van der Waals surface area contributed by atoms with Crippen LogP contribution in [0.2, 0.25) is 0 Å². The Balaban J connectivity index is 1.63. The molecule has 0 unspecified atom stereocenters. The molecule has 0 fully saturated rings. The summed E-state index contributed by atoms with van der Waals surface area (Å²) in [6, 6.07) is 13.6. The summed E-state index contributed by atoms with van der Waals surface area (Å²) in [5.41, 5.74) is 0.731. The second-order valence-electron chi connectivity index (χ2n) is 7.44. The van der Waals surface area contributed by atoms with Crippen LogP contribution in [0.1, 0.15) is 25.5 Å². The van der Waals surface area contributed by atoms with E-state index in [1.54, 1.807) is 42.5 Å². The first-order valence-electron chi connectivity index (χ1n) is 10.3. The second-order valence-corrected chi connectivity index (χ2v) is 7.44. The molecule has 1 amide bonds. The minimum absolute atomic E-state index is 0.0263. The molecule has 0 aliphatic carbocycles. The molecule has 33 heavy (non-hydrogen) atoms. The van der Waals surface area contributed by atoms with Crippen molar-refractivity contribution >= 4 is 11.7 Å². The Morgan fingerprint density at radius 3 is 2.67 bits per heavy atom. The molecule has 2 N–H and O–H groups in total.